The largest absolute Gasteiger partial charge is 0.463 e. The molecule has 1 spiro atoms. The Morgan fingerprint density at radius 2 is 1.65 bits per heavy atom. The predicted molar refractivity (Wildman–Crippen MR) is 194 cm³/mol. The molecular formula is C39H37BrClN3O7. The zero-order valence-corrected chi connectivity index (χ0v) is 29.9. The minimum atomic E-state index is -1.55. The van der Waals surface area contributed by atoms with Crippen molar-refractivity contribution in [1.29, 1.82) is 0 Å². The number of allylic oxidation sites excluding steroid dienone is 1. The number of cyclic esters (lactones) is 1. The van der Waals surface area contributed by atoms with Crippen LogP contribution < -0.4 is 10.2 Å². The first kappa shape index (κ1) is 35.1. The fraction of sp³-hybridized carbons (Fsp3) is 0.333. The van der Waals surface area contributed by atoms with Gasteiger partial charge in [0.1, 0.15) is 24.4 Å². The molecule has 5 bridgehead atoms. The smallest absolute Gasteiger partial charge is 0.306 e. The van der Waals surface area contributed by atoms with Crippen LogP contribution >= 0.6 is 27.5 Å². The number of ether oxygens (including phenoxy) is 2. The van der Waals surface area contributed by atoms with Crippen LogP contribution in [-0.2, 0) is 35.1 Å². The molecule has 0 aliphatic carbocycles. The highest BCUT2D eigenvalue weighted by atomic mass is 79.9. The molecule has 3 aromatic rings. The Labute approximate surface area is 309 Å². The molecule has 51 heavy (non-hydrogen) atoms. The van der Waals surface area contributed by atoms with E-state index in [1.807, 2.05) is 60.7 Å². The molecule has 0 saturated carbocycles. The first-order valence-corrected chi connectivity index (χ1v) is 18.2. The number of halogens is 2. The number of aliphatic hydroxyl groups excluding tert-OH is 1. The van der Waals surface area contributed by atoms with E-state index in [4.69, 9.17) is 21.1 Å². The number of anilines is 1. The van der Waals surface area contributed by atoms with E-state index in [1.54, 1.807) is 42.5 Å². The number of amides is 3. The van der Waals surface area contributed by atoms with Crippen LogP contribution in [-0.4, -0.2) is 77.2 Å². The molecule has 2 N–H and O–H groups in total. The Balaban J connectivity index is 1.36. The normalized spacial score (nSPS) is 29.3. The number of rotatable bonds is 6. The topological polar surface area (TPSA) is 125 Å². The van der Waals surface area contributed by atoms with E-state index >= 15 is 4.79 Å². The maximum Gasteiger partial charge on any atom is 0.306 e. The van der Waals surface area contributed by atoms with E-state index in [-0.39, 0.29) is 26.0 Å². The van der Waals surface area contributed by atoms with E-state index in [0.29, 0.717) is 21.6 Å². The van der Waals surface area contributed by atoms with Crippen LogP contribution in [0.2, 0.25) is 5.02 Å². The predicted octanol–water partition coefficient (Wildman–Crippen LogP) is 4.90. The van der Waals surface area contributed by atoms with E-state index < -0.39 is 72.0 Å². The van der Waals surface area contributed by atoms with Crippen molar-refractivity contribution in [3.05, 3.63) is 124 Å². The van der Waals surface area contributed by atoms with Crippen LogP contribution in [0.3, 0.4) is 0 Å². The number of carbonyl (C=O) groups is 4. The lowest BCUT2D eigenvalue weighted by Gasteiger charge is -2.39. The van der Waals surface area contributed by atoms with E-state index in [2.05, 4.69) is 21.2 Å². The highest BCUT2D eigenvalue weighted by Gasteiger charge is 2.75. The number of benzene rings is 3. The number of aliphatic hydroxyl groups is 1. The van der Waals surface area contributed by atoms with Crippen LogP contribution in [0, 0.1) is 11.8 Å². The number of fused-ring (bicyclic) bond motifs is 2. The van der Waals surface area contributed by atoms with Crippen molar-refractivity contribution in [3.63, 3.8) is 0 Å². The van der Waals surface area contributed by atoms with Gasteiger partial charge >= 0.3 is 5.97 Å². The Morgan fingerprint density at radius 3 is 2.37 bits per heavy atom. The first-order chi connectivity index (χ1) is 24.7. The molecule has 3 amide bonds. The number of para-hydroxylation sites is 1. The quantitative estimate of drug-likeness (QED) is 0.270. The Bertz CT molecular complexity index is 1870. The van der Waals surface area contributed by atoms with Gasteiger partial charge < -0.3 is 29.7 Å². The third kappa shape index (κ3) is 6.52. The SMILES string of the molecule is O=C1CC/C=C\CN(c2ccccc2Cl)C(=O)[C@H]2N([C@@H](CO)Cc3ccccc3)C(=O)[C@@H]3[C@@H](C(=O)N[C@@H](c4ccccc4)CO1)[C@@H]1O[C@@]32C=C1Br. The molecule has 7 rings (SSSR count). The van der Waals surface area contributed by atoms with Gasteiger partial charge in [-0.25, -0.2) is 0 Å². The number of nitrogens with one attached hydrogen (secondary N) is 1. The van der Waals surface area contributed by atoms with Gasteiger partial charge in [0, 0.05) is 17.4 Å². The third-order valence-electron chi connectivity index (χ3n) is 10.1. The number of hydrogen-bond acceptors (Lipinski definition) is 7. The summed E-state index contributed by atoms with van der Waals surface area (Å²) >= 11 is 10.3. The summed E-state index contributed by atoms with van der Waals surface area (Å²) < 4.78 is 12.9. The molecular weight excluding hydrogens is 738 g/mol. The fourth-order valence-corrected chi connectivity index (χ4v) is 8.79. The van der Waals surface area contributed by atoms with Crippen molar-refractivity contribution in [2.75, 3.05) is 24.7 Å². The maximum absolute atomic E-state index is 15.2. The van der Waals surface area contributed by atoms with Crippen molar-refractivity contribution in [2.24, 2.45) is 11.8 Å². The van der Waals surface area contributed by atoms with E-state index in [1.165, 1.54) is 9.80 Å². The lowest BCUT2D eigenvalue weighted by molar-refractivity contribution is -0.146. The molecule has 4 heterocycles. The summed E-state index contributed by atoms with van der Waals surface area (Å²) in [7, 11) is 0. The molecule has 0 radical (unpaired) electrons. The molecule has 0 aromatic heterocycles. The number of nitrogens with zero attached hydrogens (tertiary/aromatic N) is 2. The van der Waals surface area contributed by atoms with Gasteiger partial charge in [-0.3, -0.25) is 19.2 Å². The molecule has 2 saturated heterocycles. The Hall–Kier alpha value is -4.29. The van der Waals surface area contributed by atoms with Gasteiger partial charge in [0.2, 0.25) is 11.8 Å². The second kappa shape index (κ2) is 14.7. The number of hydrogen-bond donors (Lipinski definition) is 2. The lowest BCUT2D eigenvalue weighted by Crippen LogP contribution is -2.59. The zero-order valence-electron chi connectivity index (χ0n) is 27.6. The van der Waals surface area contributed by atoms with Crippen LogP contribution in [0.1, 0.15) is 30.0 Å². The second-order valence-electron chi connectivity index (χ2n) is 13.2. The number of carbonyl (C=O) groups excluding carboxylic acids is 4. The highest BCUT2D eigenvalue weighted by Crippen LogP contribution is 2.59. The van der Waals surface area contributed by atoms with Gasteiger partial charge in [-0.15, -0.1) is 0 Å². The first-order valence-electron chi connectivity index (χ1n) is 17.0. The molecule has 264 valence electrons. The Kier molecular flexibility index (Phi) is 10.2. The van der Waals surface area contributed by atoms with Crippen molar-refractivity contribution in [2.45, 2.75) is 49.1 Å². The van der Waals surface area contributed by atoms with Gasteiger partial charge in [0.25, 0.3) is 5.91 Å². The van der Waals surface area contributed by atoms with Gasteiger partial charge in [-0.05, 0) is 42.2 Å². The molecule has 4 aliphatic rings. The van der Waals surface area contributed by atoms with Gasteiger partial charge in [-0.1, -0.05) is 112 Å². The van der Waals surface area contributed by atoms with Gasteiger partial charge in [0.05, 0.1) is 41.2 Å². The molecule has 3 aromatic carbocycles. The molecule has 7 atom stereocenters. The van der Waals surface area contributed by atoms with Crippen molar-refractivity contribution < 1.29 is 33.8 Å². The van der Waals surface area contributed by atoms with Crippen LogP contribution in [0.15, 0.2) is 108 Å². The van der Waals surface area contributed by atoms with Gasteiger partial charge in [0.15, 0.2) is 0 Å². The molecule has 10 nitrogen and oxygen atoms in total. The molecule has 12 heteroatoms. The highest BCUT2D eigenvalue weighted by molar-refractivity contribution is 9.11. The summed E-state index contributed by atoms with van der Waals surface area (Å²) in [5.74, 6) is -4.02. The third-order valence-corrected chi connectivity index (χ3v) is 11.1. The summed E-state index contributed by atoms with van der Waals surface area (Å²) in [6.45, 7) is -0.492. The average Bonchev–Trinajstić information content (AvgIpc) is 3.74. The van der Waals surface area contributed by atoms with Crippen molar-refractivity contribution in [1.82, 2.24) is 10.2 Å². The van der Waals surface area contributed by atoms with Gasteiger partial charge in [-0.2, -0.15) is 0 Å². The lowest BCUT2D eigenvalue weighted by atomic mass is 9.74. The van der Waals surface area contributed by atoms with Crippen molar-refractivity contribution in [3.8, 4) is 0 Å². The maximum atomic E-state index is 15.2. The van der Waals surface area contributed by atoms with Crippen LogP contribution in [0.5, 0.6) is 0 Å². The summed E-state index contributed by atoms with van der Waals surface area (Å²) in [5.41, 5.74) is 0.450. The van der Waals surface area contributed by atoms with Crippen molar-refractivity contribution >= 4 is 56.9 Å². The average molecular weight is 775 g/mol. The summed E-state index contributed by atoms with van der Waals surface area (Å²) in [5, 5.41) is 14.3. The summed E-state index contributed by atoms with van der Waals surface area (Å²) in [6, 6.07) is 22.7. The standard InChI is InChI=1S/C39H37BrClN3O7/c40-27-21-39-33-32(34(27)51-39)36(47)42-29(25-14-6-2-7-15-25)23-50-31(46)18-8-3-11-19-43(30-17-10-9-16-28(30)41)38(49)35(39)44(37(33)48)26(22-45)20-24-12-4-1-5-13-24/h1-7,9-17,21,26,29,32-35,45H,8,18-20,22-23H2,(H,42,47)/b11-3-/t26-,29-,32-,33+,34-,35-,39+/m1/s1. The molecule has 4 aliphatic heterocycles. The number of esters is 1. The van der Waals surface area contributed by atoms with Crippen LogP contribution in [0.4, 0.5) is 5.69 Å². The zero-order chi connectivity index (χ0) is 35.7. The fourth-order valence-electron chi connectivity index (χ4n) is 7.81. The molecule has 2 fully saturated rings. The molecule has 0 unspecified atom stereocenters. The number of likely N-dealkylation sites (tertiary alicyclic amines) is 1. The van der Waals surface area contributed by atoms with E-state index in [9.17, 15) is 19.5 Å². The monoisotopic (exact) mass is 773 g/mol. The van der Waals surface area contributed by atoms with E-state index in [0.717, 1.165) is 11.1 Å². The second-order valence-corrected chi connectivity index (χ2v) is 14.5. The minimum Gasteiger partial charge on any atom is -0.463 e. The van der Waals surface area contributed by atoms with Crippen LogP contribution in [0.25, 0.3) is 0 Å². The Morgan fingerprint density at radius 1 is 0.941 bits per heavy atom. The summed E-state index contributed by atoms with van der Waals surface area (Å²) in [4.78, 5) is 60.4. The minimum absolute atomic E-state index is 0.0632. The summed E-state index contributed by atoms with van der Waals surface area (Å²) in [6.07, 6.45) is 5.15.